The van der Waals surface area contributed by atoms with Gasteiger partial charge in [0.25, 0.3) is 0 Å². The first-order valence-corrected chi connectivity index (χ1v) is 8.36. The summed E-state index contributed by atoms with van der Waals surface area (Å²) in [6, 6.07) is 4.03. The molecule has 2 aliphatic heterocycles. The highest BCUT2D eigenvalue weighted by atomic mass is 15.7. The average Bonchev–Trinajstić information content (AvgIpc) is 3.20. The zero-order chi connectivity index (χ0) is 15.9. The molecule has 0 saturated carbocycles. The van der Waals surface area contributed by atoms with E-state index in [9.17, 15) is 0 Å². The Balaban J connectivity index is 1.56. The number of aromatic nitrogens is 1. The summed E-state index contributed by atoms with van der Waals surface area (Å²) < 4.78 is 0. The number of hydrazine groups is 2. The SMILES string of the molecule is Cc1cc(C=NNN2CCCC2)nc(C=NNN2CCCC2)c1. The lowest BCUT2D eigenvalue weighted by molar-refractivity contribution is 0.242. The van der Waals surface area contributed by atoms with Crippen LogP contribution < -0.4 is 11.1 Å². The molecule has 1 aromatic rings. The average molecular weight is 315 g/mol. The minimum absolute atomic E-state index is 0.833. The molecule has 7 heteroatoms. The standard InChI is InChI=1S/C16H25N7/c1-14-10-15(12-17-20-22-6-2-3-7-22)19-16(11-14)13-18-21-23-8-4-5-9-23/h10-13,20-21H,2-9H2,1H3. The van der Waals surface area contributed by atoms with Crippen molar-refractivity contribution in [3.05, 3.63) is 29.1 Å². The van der Waals surface area contributed by atoms with Crippen molar-refractivity contribution >= 4 is 12.4 Å². The Morgan fingerprint density at radius 1 is 0.870 bits per heavy atom. The second-order valence-electron chi connectivity index (χ2n) is 6.10. The number of pyridine rings is 1. The fraction of sp³-hybridized carbons (Fsp3) is 0.562. The zero-order valence-electron chi connectivity index (χ0n) is 13.7. The molecular weight excluding hydrogens is 290 g/mol. The van der Waals surface area contributed by atoms with Crippen LogP contribution in [0.2, 0.25) is 0 Å². The highest BCUT2D eigenvalue weighted by Crippen LogP contribution is 2.05. The first-order chi connectivity index (χ1) is 11.3. The topological polar surface area (TPSA) is 68.1 Å². The Hall–Kier alpha value is -1.99. The molecule has 0 aromatic carbocycles. The van der Waals surface area contributed by atoms with Gasteiger partial charge in [0.15, 0.2) is 0 Å². The third-order valence-electron chi connectivity index (χ3n) is 4.01. The number of hydrogen-bond acceptors (Lipinski definition) is 7. The highest BCUT2D eigenvalue weighted by Gasteiger charge is 2.10. The van der Waals surface area contributed by atoms with Crippen LogP contribution in [0.3, 0.4) is 0 Å². The van der Waals surface area contributed by atoms with Crippen molar-refractivity contribution in [2.24, 2.45) is 10.2 Å². The largest absolute Gasteiger partial charge is 0.246 e. The van der Waals surface area contributed by atoms with Gasteiger partial charge in [-0.3, -0.25) is 0 Å². The molecule has 7 nitrogen and oxygen atoms in total. The summed E-state index contributed by atoms with van der Waals surface area (Å²) in [4.78, 5) is 4.55. The second kappa shape index (κ2) is 8.03. The Bertz CT molecular complexity index is 511. The third-order valence-corrected chi connectivity index (χ3v) is 4.01. The van der Waals surface area contributed by atoms with Crippen molar-refractivity contribution in [3.63, 3.8) is 0 Å². The fourth-order valence-electron chi connectivity index (χ4n) is 2.84. The van der Waals surface area contributed by atoms with E-state index in [2.05, 4.69) is 43.2 Å². The maximum Gasteiger partial charge on any atom is 0.0841 e. The Morgan fingerprint density at radius 3 is 1.74 bits per heavy atom. The first-order valence-electron chi connectivity index (χ1n) is 8.36. The minimum atomic E-state index is 0.833. The first kappa shape index (κ1) is 15.9. The molecule has 0 spiro atoms. The van der Waals surface area contributed by atoms with Gasteiger partial charge in [0, 0.05) is 26.2 Å². The molecule has 0 amide bonds. The third kappa shape index (κ3) is 5.01. The van der Waals surface area contributed by atoms with Crippen LogP contribution in [0.25, 0.3) is 0 Å². The summed E-state index contributed by atoms with van der Waals surface area (Å²) in [6.07, 6.45) is 8.45. The zero-order valence-corrected chi connectivity index (χ0v) is 13.7. The highest BCUT2D eigenvalue weighted by molar-refractivity contribution is 5.82. The van der Waals surface area contributed by atoms with Crippen LogP contribution in [0.15, 0.2) is 22.3 Å². The van der Waals surface area contributed by atoms with Crippen LogP contribution in [0.5, 0.6) is 0 Å². The molecule has 0 unspecified atom stereocenters. The van der Waals surface area contributed by atoms with Crippen molar-refractivity contribution in [2.75, 3.05) is 26.2 Å². The molecule has 0 bridgehead atoms. The number of nitrogens with one attached hydrogen (secondary N) is 2. The number of hydrogen-bond donors (Lipinski definition) is 2. The molecule has 2 saturated heterocycles. The van der Waals surface area contributed by atoms with Gasteiger partial charge in [-0.25, -0.2) is 26.1 Å². The number of nitrogens with zero attached hydrogens (tertiary/aromatic N) is 5. The van der Waals surface area contributed by atoms with E-state index in [-0.39, 0.29) is 0 Å². The van der Waals surface area contributed by atoms with Crippen molar-refractivity contribution in [2.45, 2.75) is 32.6 Å². The fourth-order valence-corrected chi connectivity index (χ4v) is 2.84. The predicted octanol–water partition coefficient (Wildman–Crippen LogP) is 1.26. The quantitative estimate of drug-likeness (QED) is 0.611. The van der Waals surface area contributed by atoms with Crippen LogP contribution in [0.1, 0.15) is 42.6 Å². The summed E-state index contributed by atoms with van der Waals surface area (Å²) in [6.45, 7) is 6.27. The smallest absolute Gasteiger partial charge is 0.0841 e. The Kier molecular flexibility index (Phi) is 5.55. The van der Waals surface area contributed by atoms with E-state index >= 15 is 0 Å². The summed E-state index contributed by atoms with van der Waals surface area (Å²) in [7, 11) is 0. The van der Waals surface area contributed by atoms with Crippen LogP contribution in [0, 0.1) is 6.92 Å². The molecule has 1 aromatic heterocycles. The minimum Gasteiger partial charge on any atom is -0.246 e. The van der Waals surface area contributed by atoms with E-state index in [4.69, 9.17) is 0 Å². The van der Waals surface area contributed by atoms with Gasteiger partial charge in [-0.2, -0.15) is 10.2 Å². The molecule has 2 fully saturated rings. The summed E-state index contributed by atoms with van der Waals surface area (Å²) in [5.74, 6) is 0. The van der Waals surface area contributed by atoms with E-state index < -0.39 is 0 Å². The molecule has 3 rings (SSSR count). The lowest BCUT2D eigenvalue weighted by atomic mass is 10.2. The molecule has 0 aliphatic carbocycles. The summed E-state index contributed by atoms with van der Waals surface area (Å²) >= 11 is 0. The van der Waals surface area contributed by atoms with Crippen LogP contribution in [-0.2, 0) is 0 Å². The lowest BCUT2D eigenvalue weighted by Gasteiger charge is -2.12. The normalized spacial score (nSPS) is 20.0. The molecule has 0 radical (unpaired) electrons. The van der Waals surface area contributed by atoms with Gasteiger partial charge < -0.3 is 0 Å². The molecule has 0 atom stereocenters. The van der Waals surface area contributed by atoms with E-state index in [0.717, 1.165) is 43.1 Å². The predicted molar refractivity (Wildman–Crippen MR) is 92.0 cm³/mol. The van der Waals surface area contributed by atoms with Crippen LogP contribution in [-0.4, -0.2) is 53.6 Å². The van der Waals surface area contributed by atoms with E-state index in [0.29, 0.717) is 0 Å². The number of rotatable bonds is 6. The monoisotopic (exact) mass is 315 g/mol. The molecule has 2 N–H and O–H groups in total. The number of hydrazone groups is 2. The lowest BCUT2D eigenvalue weighted by Crippen LogP contribution is -2.31. The maximum absolute atomic E-state index is 4.55. The molecule has 3 heterocycles. The maximum atomic E-state index is 4.55. The molecule has 124 valence electrons. The van der Waals surface area contributed by atoms with Gasteiger partial charge in [0.1, 0.15) is 0 Å². The van der Waals surface area contributed by atoms with Gasteiger partial charge in [-0.05, 0) is 50.3 Å². The van der Waals surface area contributed by atoms with Crippen molar-refractivity contribution in [1.29, 1.82) is 0 Å². The van der Waals surface area contributed by atoms with Gasteiger partial charge in [0.2, 0.25) is 0 Å². The van der Waals surface area contributed by atoms with Crippen molar-refractivity contribution < 1.29 is 0 Å². The number of aryl methyl sites for hydroxylation is 1. The van der Waals surface area contributed by atoms with Gasteiger partial charge >= 0.3 is 0 Å². The Labute approximate surface area is 137 Å². The molecule has 23 heavy (non-hydrogen) atoms. The van der Waals surface area contributed by atoms with Crippen molar-refractivity contribution in [3.8, 4) is 0 Å². The van der Waals surface area contributed by atoms with Crippen LogP contribution >= 0.6 is 0 Å². The molecule has 2 aliphatic rings. The molecular formula is C16H25N7. The van der Waals surface area contributed by atoms with E-state index in [1.807, 2.05) is 12.1 Å². The second-order valence-corrected chi connectivity index (χ2v) is 6.10. The van der Waals surface area contributed by atoms with E-state index in [1.54, 1.807) is 12.4 Å². The Morgan fingerprint density at radius 2 is 1.30 bits per heavy atom. The van der Waals surface area contributed by atoms with E-state index in [1.165, 1.54) is 25.7 Å². The van der Waals surface area contributed by atoms with Crippen molar-refractivity contribution in [1.82, 2.24) is 26.1 Å². The van der Waals surface area contributed by atoms with Crippen LogP contribution in [0.4, 0.5) is 0 Å². The van der Waals surface area contributed by atoms with Gasteiger partial charge in [-0.15, -0.1) is 0 Å². The van der Waals surface area contributed by atoms with Gasteiger partial charge in [0.05, 0.1) is 23.8 Å². The van der Waals surface area contributed by atoms with Gasteiger partial charge in [-0.1, -0.05) is 0 Å². The summed E-state index contributed by atoms with van der Waals surface area (Å²) in [5, 5.41) is 12.8. The summed E-state index contributed by atoms with van der Waals surface area (Å²) in [5.41, 5.74) is 8.93.